The van der Waals surface area contributed by atoms with E-state index in [0.29, 0.717) is 18.0 Å². The summed E-state index contributed by atoms with van der Waals surface area (Å²) in [7, 11) is -4.01. The summed E-state index contributed by atoms with van der Waals surface area (Å²) in [4.78, 5) is 13.2. The number of hydrogen-bond donors (Lipinski definition) is 1. The molecule has 0 heterocycles. The third-order valence-corrected chi connectivity index (χ3v) is 7.83. The molecule has 0 radical (unpaired) electrons. The highest BCUT2D eigenvalue weighted by Gasteiger charge is 2.29. The van der Waals surface area contributed by atoms with Crippen LogP contribution in [-0.4, -0.2) is 27.5 Å². The highest BCUT2D eigenvalue weighted by Crippen LogP contribution is 2.32. The number of amides is 1. The van der Waals surface area contributed by atoms with E-state index in [1.807, 2.05) is 19.9 Å². The van der Waals surface area contributed by atoms with E-state index in [9.17, 15) is 13.2 Å². The normalized spacial score (nSPS) is 13.7. The lowest BCUT2D eigenvalue weighted by Gasteiger charge is -2.26. The second-order valence-corrected chi connectivity index (χ2v) is 10.3. The Labute approximate surface area is 201 Å². The number of anilines is 1. The summed E-state index contributed by atoms with van der Waals surface area (Å²) in [5.74, 6) is 0.0165. The first-order valence-corrected chi connectivity index (χ1v) is 13.0. The molecular weight excluding hydrogens is 448 g/mol. The van der Waals surface area contributed by atoms with Crippen LogP contribution >= 0.6 is 0 Å². The Morgan fingerprint density at radius 1 is 1.00 bits per heavy atom. The van der Waals surface area contributed by atoms with Crippen LogP contribution in [0.3, 0.4) is 0 Å². The van der Waals surface area contributed by atoms with Crippen molar-refractivity contribution in [2.24, 2.45) is 0 Å². The van der Waals surface area contributed by atoms with E-state index in [-0.39, 0.29) is 23.4 Å². The maximum atomic E-state index is 13.6. The molecule has 1 N–H and O–H groups in total. The van der Waals surface area contributed by atoms with Gasteiger partial charge in [-0.05, 0) is 74.1 Å². The number of carbonyl (C=O) groups excluding carboxylic acids is 1. The van der Waals surface area contributed by atoms with Gasteiger partial charge in [0.1, 0.15) is 12.3 Å². The molecule has 7 heteroatoms. The van der Waals surface area contributed by atoms with Gasteiger partial charge in [0.25, 0.3) is 10.0 Å². The maximum Gasteiger partial charge on any atom is 0.264 e. The molecule has 6 nitrogen and oxygen atoms in total. The molecule has 1 aliphatic carbocycles. The molecule has 0 unspecified atom stereocenters. The summed E-state index contributed by atoms with van der Waals surface area (Å²) in [5, 5.41) is 2.98. The highest BCUT2D eigenvalue weighted by molar-refractivity contribution is 7.92. The van der Waals surface area contributed by atoms with Crippen LogP contribution in [0, 0.1) is 0 Å². The lowest BCUT2D eigenvalue weighted by atomic mass is 10.0. The van der Waals surface area contributed by atoms with Crippen molar-refractivity contribution in [3.05, 3.63) is 89.5 Å². The minimum absolute atomic E-state index is 0.112. The first-order valence-electron chi connectivity index (χ1n) is 11.6. The molecule has 0 spiro atoms. The van der Waals surface area contributed by atoms with Crippen molar-refractivity contribution >= 4 is 21.6 Å². The molecule has 0 bridgehead atoms. The van der Waals surface area contributed by atoms with Gasteiger partial charge in [0, 0.05) is 0 Å². The monoisotopic (exact) mass is 478 g/mol. The Balaban J connectivity index is 1.61. The van der Waals surface area contributed by atoms with Crippen LogP contribution in [0.25, 0.3) is 0 Å². The Morgan fingerprint density at radius 3 is 2.47 bits per heavy atom. The summed E-state index contributed by atoms with van der Waals surface area (Å²) in [6.07, 6.45) is 3.31. The van der Waals surface area contributed by atoms with Gasteiger partial charge in [-0.3, -0.25) is 9.10 Å². The van der Waals surface area contributed by atoms with E-state index in [0.717, 1.165) is 29.1 Å². The Bertz CT molecular complexity index is 1260. The third-order valence-electron chi connectivity index (χ3n) is 6.05. The minimum atomic E-state index is -4.01. The zero-order chi connectivity index (χ0) is 24.1. The van der Waals surface area contributed by atoms with Crippen molar-refractivity contribution in [2.45, 2.75) is 44.0 Å². The third kappa shape index (κ3) is 5.09. The van der Waals surface area contributed by atoms with E-state index >= 15 is 0 Å². The molecule has 1 atom stereocenters. The van der Waals surface area contributed by atoms with Crippen LogP contribution < -0.4 is 14.4 Å². The van der Waals surface area contributed by atoms with Crippen LogP contribution in [0.15, 0.2) is 77.7 Å². The van der Waals surface area contributed by atoms with E-state index in [1.54, 1.807) is 42.5 Å². The molecule has 4 rings (SSSR count). The second kappa shape index (κ2) is 10.3. The number of hydrogen-bond acceptors (Lipinski definition) is 4. The topological polar surface area (TPSA) is 75.7 Å². The Hall–Kier alpha value is -3.32. The van der Waals surface area contributed by atoms with Gasteiger partial charge in [0.2, 0.25) is 5.91 Å². The molecule has 0 saturated heterocycles. The molecule has 3 aromatic carbocycles. The predicted octanol–water partition coefficient (Wildman–Crippen LogP) is 4.65. The summed E-state index contributed by atoms with van der Waals surface area (Å²) in [6, 6.07) is 21.1. The van der Waals surface area contributed by atoms with Gasteiger partial charge in [0.05, 0.1) is 23.2 Å². The summed E-state index contributed by atoms with van der Waals surface area (Å²) in [6.45, 7) is 3.75. The van der Waals surface area contributed by atoms with Gasteiger partial charge in [0.15, 0.2) is 0 Å². The number of aryl methyl sites for hydroxylation is 2. The predicted molar refractivity (Wildman–Crippen MR) is 134 cm³/mol. The molecule has 34 heavy (non-hydrogen) atoms. The van der Waals surface area contributed by atoms with Crippen LogP contribution in [0.4, 0.5) is 5.69 Å². The van der Waals surface area contributed by atoms with Crippen molar-refractivity contribution in [1.29, 1.82) is 0 Å². The molecule has 0 fully saturated rings. The SMILES string of the molecule is CCOc1ccccc1N(CC(=O)N[C@H](C)c1ccc2c(c1)CCC2)S(=O)(=O)c1ccccc1. The molecule has 1 amide bonds. The number of para-hydroxylation sites is 2. The van der Waals surface area contributed by atoms with E-state index in [4.69, 9.17) is 4.74 Å². The largest absolute Gasteiger partial charge is 0.492 e. The number of carbonyl (C=O) groups is 1. The number of ether oxygens (including phenoxy) is 1. The number of nitrogens with zero attached hydrogens (tertiary/aromatic N) is 1. The minimum Gasteiger partial charge on any atom is -0.492 e. The maximum absolute atomic E-state index is 13.6. The van der Waals surface area contributed by atoms with Crippen molar-refractivity contribution in [3.63, 3.8) is 0 Å². The molecule has 0 aliphatic heterocycles. The Morgan fingerprint density at radius 2 is 1.71 bits per heavy atom. The van der Waals surface area contributed by atoms with Crippen molar-refractivity contribution in [1.82, 2.24) is 5.32 Å². The number of benzene rings is 3. The Kier molecular flexibility index (Phi) is 7.22. The summed E-state index contributed by atoms with van der Waals surface area (Å²) < 4.78 is 34.0. The smallest absolute Gasteiger partial charge is 0.264 e. The fourth-order valence-electron chi connectivity index (χ4n) is 4.32. The molecule has 3 aromatic rings. The lowest BCUT2D eigenvalue weighted by molar-refractivity contribution is -0.120. The average molecular weight is 479 g/mol. The molecule has 1 aliphatic rings. The van der Waals surface area contributed by atoms with Gasteiger partial charge in [-0.25, -0.2) is 8.42 Å². The molecule has 0 aromatic heterocycles. The zero-order valence-corrected chi connectivity index (χ0v) is 20.3. The molecular formula is C27H30N2O4S. The number of rotatable bonds is 9. The lowest BCUT2D eigenvalue weighted by Crippen LogP contribution is -2.41. The van der Waals surface area contributed by atoms with Crippen molar-refractivity contribution in [2.75, 3.05) is 17.5 Å². The summed E-state index contributed by atoms with van der Waals surface area (Å²) in [5.41, 5.74) is 4.04. The second-order valence-electron chi connectivity index (χ2n) is 8.40. The molecule has 178 valence electrons. The number of fused-ring (bicyclic) bond motifs is 1. The first-order chi connectivity index (χ1) is 16.4. The molecule has 0 saturated carbocycles. The van der Waals surface area contributed by atoms with E-state index in [1.165, 1.54) is 23.3 Å². The zero-order valence-electron chi connectivity index (χ0n) is 19.5. The standard InChI is InChI=1S/C27H30N2O4S/c1-3-33-26-15-8-7-14-25(26)29(34(31,32)24-12-5-4-6-13-24)19-27(30)28-20(2)22-17-16-21-10-9-11-23(21)18-22/h4-8,12-18,20H,3,9-11,19H2,1-2H3,(H,28,30)/t20-/m1/s1. The van der Waals surface area contributed by atoms with Crippen LogP contribution in [0.5, 0.6) is 5.75 Å². The van der Waals surface area contributed by atoms with Crippen molar-refractivity contribution in [3.8, 4) is 5.75 Å². The van der Waals surface area contributed by atoms with Crippen LogP contribution in [0.1, 0.15) is 43.0 Å². The van der Waals surface area contributed by atoms with Gasteiger partial charge in [-0.2, -0.15) is 0 Å². The quantitative estimate of drug-likeness (QED) is 0.486. The van der Waals surface area contributed by atoms with E-state index < -0.39 is 10.0 Å². The van der Waals surface area contributed by atoms with Crippen LogP contribution in [0.2, 0.25) is 0 Å². The van der Waals surface area contributed by atoms with Crippen LogP contribution in [-0.2, 0) is 27.7 Å². The summed E-state index contributed by atoms with van der Waals surface area (Å²) >= 11 is 0. The van der Waals surface area contributed by atoms with E-state index in [2.05, 4.69) is 17.4 Å². The van der Waals surface area contributed by atoms with Gasteiger partial charge in [-0.15, -0.1) is 0 Å². The average Bonchev–Trinajstić information content (AvgIpc) is 3.32. The fourth-order valence-corrected chi connectivity index (χ4v) is 5.77. The fraction of sp³-hybridized carbons (Fsp3) is 0.296. The number of nitrogens with one attached hydrogen (secondary N) is 1. The van der Waals surface area contributed by atoms with Gasteiger partial charge < -0.3 is 10.1 Å². The van der Waals surface area contributed by atoms with Gasteiger partial charge in [-0.1, -0.05) is 48.5 Å². The van der Waals surface area contributed by atoms with Crippen molar-refractivity contribution < 1.29 is 17.9 Å². The van der Waals surface area contributed by atoms with Gasteiger partial charge >= 0.3 is 0 Å². The number of sulfonamides is 1. The first kappa shape index (κ1) is 23.8. The highest BCUT2D eigenvalue weighted by atomic mass is 32.2.